The molecule has 0 aliphatic heterocycles. The lowest BCUT2D eigenvalue weighted by Crippen LogP contribution is -2.10. The van der Waals surface area contributed by atoms with Gasteiger partial charge in [0, 0.05) is 12.0 Å². The van der Waals surface area contributed by atoms with Crippen molar-refractivity contribution < 1.29 is 9.90 Å². The molecule has 0 fully saturated rings. The number of ketones is 1. The summed E-state index contributed by atoms with van der Waals surface area (Å²) in [5.41, 5.74) is 2.87. The predicted molar refractivity (Wildman–Crippen MR) is 104 cm³/mol. The molecule has 1 unspecified atom stereocenters. The molecule has 0 aliphatic carbocycles. The van der Waals surface area contributed by atoms with Crippen molar-refractivity contribution in [1.29, 1.82) is 0 Å². The first-order chi connectivity index (χ1) is 12.2. The molecule has 2 rings (SSSR count). The summed E-state index contributed by atoms with van der Waals surface area (Å²) >= 11 is 0. The standard InChI is InChI=1S/C23H30O2/c1-2-3-4-5-9-12-22(24)17-20-13-15-21(16-14-20)23(25)18-19-10-7-6-8-11-19/h6-8,10-11,13-16,22,24H,2-5,9,12,17-18H2,1H3. The Kier molecular flexibility index (Phi) is 8.41. The Bertz CT molecular complexity index is 616. The topological polar surface area (TPSA) is 37.3 Å². The molecule has 0 amide bonds. The van der Waals surface area contributed by atoms with Crippen LogP contribution in [0.1, 0.15) is 66.9 Å². The smallest absolute Gasteiger partial charge is 0.167 e. The molecule has 134 valence electrons. The van der Waals surface area contributed by atoms with Crippen LogP contribution in [0.15, 0.2) is 54.6 Å². The van der Waals surface area contributed by atoms with Gasteiger partial charge in [-0.15, -0.1) is 0 Å². The van der Waals surface area contributed by atoms with E-state index in [2.05, 4.69) is 6.92 Å². The van der Waals surface area contributed by atoms with Gasteiger partial charge in [-0.2, -0.15) is 0 Å². The number of carbonyl (C=O) groups is 1. The maximum absolute atomic E-state index is 12.3. The first-order valence-corrected chi connectivity index (χ1v) is 9.53. The zero-order valence-corrected chi connectivity index (χ0v) is 15.3. The summed E-state index contributed by atoms with van der Waals surface area (Å²) in [6, 6.07) is 17.5. The lowest BCUT2D eigenvalue weighted by molar-refractivity contribution is 0.0993. The summed E-state index contributed by atoms with van der Waals surface area (Å²) in [6.07, 6.45) is 7.77. The average molecular weight is 338 g/mol. The molecule has 2 heteroatoms. The van der Waals surface area contributed by atoms with E-state index in [1.807, 2.05) is 54.6 Å². The van der Waals surface area contributed by atoms with Crippen molar-refractivity contribution in [2.45, 2.75) is 64.4 Å². The van der Waals surface area contributed by atoms with Crippen LogP contribution in [0.25, 0.3) is 0 Å². The highest BCUT2D eigenvalue weighted by atomic mass is 16.3. The number of aliphatic hydroxyl groups is 1. The van der Waals surface area contributed by atoms with Crippen LogP contribution in [0.5, 0.6) is 0 Å². The van der Waals surface area contributed by atoms with Gasteiger partial charge < -0.3 is 5.11 Å². The van der Waals surface area contributed by atoms with Gasteiger partial charge in [0.15, 0.2) is 5.78 Å². The second kappa shape index (κ2) is 10.8. The van der Waals surface area contributed by atoms with E-state index in [9.17, 15) is 9.90 Å². The van der Waals surface area contributed by atoms with E-state index in [-0.39, 0.29) is 11.9 Å². The van der Waals surface area contributed by atoms with E-state index >= 15 is 0 Å². The highest BCUT2D eigenvalue weighted by Crippen LogP contribution is 2.14. The maximum atomic E-state index is 12.3. The van der Waals surface area contributed by atoms with Crippen molar-refractivity contribution in [3.63, 3.8) is 0 Å². The summed E-state index contributed by atoms with van der Waals surface area (Å²) in [4.78, 5) is 12.3. The summed E-state index contributed by atoms with van der Waals surface area (Å²) < 4.78 is 0. The Morgan fingerprint density at radius 2 is 1.56 bits per heavy atom. The van der Waals surface area contributed by atoms with Gasteiger partial charge in [-0.3, -0.25) is 4.79 Å². The fraction of sp³-hybridized carbons (Fsp3) is 0.435. The van der Waals surface area contributed by atoms with E-state index in [1.54, 1.807) is 0 Å². The molecule has 25 heavy (non-hydrogen) atoms. The zero-order chi connectivity index (χ0) is 17.9. The minimum absolute atomic E-state index is 0.134. The first kappa shape index (κ1) is 19.4. The van der Waals surface area contributed by atoms with Crippen LogP contribution < -0.4 is 0 Å². The number of unbranched alkanes of at least 4 members (excludes halogenated alkanes) is 4. The van der Waals surface area contributed by atoms with Crippen molar-refractivity contribution in [3.8, 4) is 0 Å². The minimum Gasteiger partial charge on any atom is -0.393 e. The van der Waals surface area contributed by atoms with Gasteiger partial charge in [0.2, 0.25) is 0 Å². The van der Waals surface area contributed by atoms with E-state index < -0.39 is 0 Å². The van der Waals surface area contributed by atoms with E-state index in [1.165, 1.54) is 25.7 Å². The predicted octanol–water partition coefficient (Wildman–Crippen LogP) is 5.38. The second-order valence-corrected chi connectivity index (χ2v) is 6.84. The van der Waals surface area contributed by atoms with Crippen LogP contribution >= 0.6 is 0 Å². The second-order valence-electron chi connectivity index (χ2n) is 6.84. The summed E-state index contributed by atoms with van der Waals surface area (Å²) in [5, 5.41) is 10.2. The molecule has 2 aromatic carbocycles. The monoisotopic (exact) mass is 338 g/mol. The fourth-order valence-corrected chi connectivity index (χ4v) is 3.07. The quantitative estimate of drug-likeness (QED) is 0.441. The van der Waals surface area contributed by atoms with Crippen LogP contribution in [0.2, 0.25) is 0 Å². The highest BCUT2D eigenvalue weighted by Gasteiger charge is 2.09. The number of Topliss-reactive ketones (excluding diaryl/α,β-unsaturated/α-hetero) is 1. The molecule has 0 saturated heterocycles. The number of hydrogen-bond acceptors (Lipinski definition) is 2. The Morgan fingerprint density at radius 3 is 2.24 bits per heavy atom. The van der Waals surface area contributed by atoms with Gasteiger partial charge in [-0.1, -0.05) is 93.6 Å². The third-order valence-corrected chi connectivity index (χ3v) is 4.60. The van der Waals surface area contributed by atoms with Crippen molar-refractivity contribution >= 4 is 5.78 Å². The Hall–Kier alpha value is -1.93. The number of benzene rings is 2. The molecule has 0 heterocycles. The van der Waals surface area contributed by atoms with Gasteiger partial charge >= 0.3 is 0 Å². The van der Waals surface area contributed by atoms with Crippen LogP contribution in [0.3, 0.4) is 0 Å². The molecule has 2 aromatic rings. The molecule has 0 spiro atoms. The summed E-state index contributed by atoms with van der Waals surface area (Å²) in [5.74, 6) is 0.134. The van der Waals surface area contributed by atoms with Crippen molar-refractivity contribution in [1.82, 2.24) is 0 Å². The van der Waals surface area contributed by atoms with E-state index in [0.717, 1.165) is 29.5 Å². The Balaban J connectivity index is 1.78. The van der Waals surface area contributed by atoms with Crippen LogP contribution in [0.4, 0.5) is 0 Å². The first-order valence-electron chi connectivity index (χ1n) is 9.53. The molecule has 0 saturated carbocycles. The largest absolute Gasteiger partial charge is 0.393 e. The molecule has 0 aliphatic rings. The number of carbonyl (C=O) groups excluding carboxylic acids is 1. The summed E-state index contributed by atoms with van der Waals surface area (Å²) in [6.45, 7) is 2.21. The van der Waals surface area contributed by atoms with Gasteiger partial charge in [-0.25, -0.2) is 0 Å². The van der Waals surface area contributed by atoms with Gasteiger partial charge in [0.25, 0.3) is 0 Å². The van der Waals surface area contributed by atoms with E-state index in [4.69, 9.17) is 0 Å². The third-order valence-electron chi connectivity index (χ3n) is 4.60. The van der Waals surface area contributed by atoms with Gasteiger partial charge in [0.1, 0.15) is 0 Å². The van der Waals surface area contributed by atoms with Crippen LogP contribution in [-0.2, 0) is 12.8 Å². The molecule has 0 radical (unpaired) electrons. The summed E-state index contributed by atoms with van der Waals surface area (Å²) in [7, 11) is 0. The van der Waals surface area contributed by atoms with E-state index in [0.29, 0.717) is 12.8 Å². The SMILES string of the molecule is CCCCCCCC(O)Cc1ccc(C(=O)Cc2ccccc2)cc1. The third kappa shape index (κ3) is 7.23. The minimum atomic E-state index is -0.285. The van der Waals surface area contributed by atoms with Crippen molar-refractivity contribution in [2.75, 3.05) is 0 Å². The molecule has 0 aromatic heterocycles. The average Bonchev–Trinajstić information content (AvgIpc) is 2.63. The zero-order valence-electron chi connectivity index (χ0n) is 15.3. The van der Waals surface area contributed by atoms with Crippen molar-refractivity contribution in [2.24, 2.45) is 0 Å². The Labute approximate surface area is 151 Å². The fourth-order valence-electron chi connectivity index (χ4n) is 3.07. The lowest BCUT2D eigenvalue weighted by atomic mass is 9.98. The normalized spacial score (nSPS) is 12.1. The lowest BCUT2D eigenvalue weighted by Gasteiger charge is -2.11. The maximum Gasteiger partial charge on any atom is 0.167 e. The van der Waals surface area contributed by atoms with Crippen LogP contribution in [-0.4, -0.2) is 17.0 Å². The molecule has 1 N–H and O–H groups in total. The molecule has 0 bridgehead atoms. The molecular formula is C23H30O2. The van der Waals surface area contributed by atoms with Gasteiger partial charge in [-0.05, 0) is 24.0 Å². The van der Waals surface area contributed by atoms with Gasteiger partial charge in [0.05, 0.1) is 6.10 Å². The molecule has 1 atom stereocenters. The number of aliphatic hydroxyl groups excluding tert-OH is 1. The van der Waals surface area contributed by atoms with Crippen molar-refractivity contribution in [3.05, 3.63) is 71.3 Å². The Morgan fingerprint density at radius 1 is 0.880 bits per heavy atom. The van der Waals surface area contributed by atoms with Crippen LogP contribution in [0, 0.1) is 0 Å². The molecule has 2 nitrogen and oxygen atoms in total. The number of hydrogen-bond donors (Lipinski definition) is 1. The number of rotatable bonds is 11. The highest BCUT2D eigenvalue weighted by molar-refractivity contribution is 5.97. The molecular weight excluding hydrogens is 308 g/mol.